The van der Waals surface area contributed by atoms with Gasteiger partial charge in [0.1, 0.15) is 17.6 Å². The van der Waals surface area contributed by atoms with Crippen LogP contribution in [0.5, 0.6) is 0 Å². The van der Waals surface area contributed by atoms with Gasteiger partial charge in [-0.15, -0.1) is 11.6 Å². The highest BCUT2D eigenvalue weighted by Crippen LogP contribution is 2.04. The second-order valence-electron chi connectivity index (χ2n) is 2.12. The van der Waals surface area contributed by atoms with Crippen LogP contribution in [-0.4, -0.2) is 33.3 Å². The lowest BCUT2D eigenvalue weighted by atomic mass is 10.1. The largest absolute Gasteiger partial charge is 0.481 e. The van der Waals surface area contributed by atoms with Crippen molar-refractivity contribution in [3.8, 4) is 0 Å². The van der Waals surface area contributed by atoms with Gasteiger partial charge in [0.25, 0.3) is 0 Å². The summed E-state index contributed by atoms with van der Waals surface area (Å²) in [5.74, 6) is -3.30. The Labute approximate surface area is 72.9 Å². The Kier molecular flexibility index (Phi) is 4.28. The zero-order chi connectivity index (χ0) is 9.72. The van der Waals surface area contributed by atoms with Gasteiger partial charge in [0, 0.05) is 6.42 Å². The van der Waals surface area contributed by atoms with E-state index in [0.29, 0.717) is 0 Å². The number of alkyl halides is 1. The van der Waals surface area contributed by atoms with E-state index in [2.05, 4.69) is 0 Å². The van der Waals surface area contributed by atoms with Crippen molar-refractivity contribution in [3.63, 3.8) is 0 Å². The first-order valence-corrected chi connectivity index (χ1v) is 3.47. The molecule has 2 N–H and O–H groups in total. The minimum Gasteiger partial charge on any atom is -0.481 e. The summed E-state index contributed by atoms with van der Waals surface area (Å²) >= 11 is 5.18. The fraction of sp³-hybridized carbons (Fsp3) is 0.500. The van der Waals surface area contributed by atoms with E-state index < -0.39 is 35.9 Å². The van der Waals surface area contributed by atoms with Crippen LogP contribution in [-0.2, 0) is 14.4 Å². The fourth-order valence-electron chi connectivity index (χ4n) is 0.528. The number of carbonyl (C=O) groups excluding carboxylic acids is 1. The Balaban J connectivity index is 3.85. The third-order valence-electron chi connectivity index (χ3n) is 1.02. The first-order valence-electron chi connectivity index (χ1n) is 3.04. The summed E-state index contributed by atoms with van der Waals surface area (Å²) in [7, 11) is 0. The number of rotatable bonds is 5. The molecule has 0 radical (unpaired) electrons. The molecular formula is C6H7ClO5. The van der Waals surface area contributed by atoms with Gasteiger partial charge < -0.3 is 10.2 Å². The molecule has 0 aromatic heterocycles. The maximum Gasteiger partial charge on any atom is 0.322 e. The summed E-state index contributed by atoms with van der Waals surface area (Å²) in [5.41, 5.74) is 0. The molecule has 0 fully saturated rings. The number of ketones is 1. The van der Waals surface area contributed by atoms with Crippen molar-refractivity contribution in [3.05, 3.63) is 0 Å². The zero-order valence-electron chi connectivity index (χ0n) is 5.99. The molecule has 0 aromatic rings. The van der Waals surface area contributed by atoms with Crippen molar-refractivity contribution in [1.82, 2.24) is 0 Å². The van der Waals surface area contributed by atoms with Crippen molar-refractivity contribution < 1.29 is 24.6 Å². The minimum atomic E-state index is -1.34. The Hall–Kier alpha value is -1.10. The molecule has 68 valence electrons. The molecule has 0 rings (SSSR count). The van der Waals surface area contributed by atoms with Crippen LogP contribution in [0.3, 0.4) is 0 Å². The van der Waals surface area contributed by atoms with E-state index in [-0.39, 0.29) is 0 Å². The van der Waals surface area contributed by atoms with Gasteiger partial charge in [0.2, 0.25) is 0 Å². The summed E-state index contributed by atoms with van der Waals surface area (Å²) in [6.45, 7) is 0. The molecule has 12 heavy (non-hydrogen) atoms. The molecule has 0 saturated heterocycles. The molecule has 5 nitrogen and oxygen atoms in total. The van der Waals surface area contributed by atoms with Crippen molar-refractivity contribution in [2.45, 2.75) is 18.2 Å². The monoisotopic (exact) mass is 194 g/mol. The van der Waals surface area contributed by atoms with Crippen molar-refractivity contribution >= 4 is 29.3 Å². The average Bonchev–Trinajstić information content (AvgIpc) is 1.84. The quantitative estimate of drug-likeness (QED) is 0.479. The fourth-order valence-corrected chi connectivity index (χ4v) is 0.700. The normalized spacial score (nSPS) is 12.1. The zero-order valence-corrected chi connectivity index (χ0v) is 6.74. The Morgan fingerprint density at radius 3 is 2.08 bits per heavy atom. The van der Waals surface area contributed by atoms with Crippen LogP contribution in [0, 0.1) is 0 Å². The number of carbonyl (C=O) groups is 3. The molecule has 1 unspecified atom stereocenters. The van der Waals surface area contributed by atoms with Crippen molar-refractivity contribution in [1.29, 1.82) is 0 Å². The Morgan fingerprint density at radius 2 is 1.75 bits per heavy atom. The van der Waals surface area contributed by atoms with E-state index in [1.165, 1.54) is 0 Å². The topological polar surface area (TPSA) is 91.7 Å². The lowest BCUT2D eigenvalue weighted by Crippen LogP contribution is -2.19. The van der Waals surface area contributed by atoms with Gasteiger partial charge in [-0.2, -0.15) is 0 Å². The van der Waals surface area contributed by atoms with Crippen LogP contribution in [0.2, 0.25) is 0 Å². The molecule has 0 aliphatic carbocycles. The van der Waals surface area contributed by atoms with Crippen LogP contribution in [0.15, 0.2) is 0 Å². The number of carboxylic acids is 2. The molecule has 0 spiro atoms. The molecule has 1 atom stereocenters. The molecule has 0 amide bonds. The van der Waals surface area contributed by atoms with Crippen LogP contribution in [0.4, 0.5) is 0 Å². The molecule has 0 aromatic carbocycles. The molecule has 0 aliphatic rings. The van der Waals surface area contributed by atoms with Crippen LogP contribution >= 0.6 is 11.6 Å². The van der Waals surface area contributed by atoms with Gasteiger partial charge in [0.15, 0.2) is 0 Å². The number of hydrogen-bond acceptors (Lipinski definition) is 3. The van der Waals surface area contributed by atoms with Crippen LogP contribution < -0.4 is 0 Å². The number of aliphatic carboxylic acids is 2. The molecule has 0 heterocycles. The maximum atomic E-state index is 10.6. The third-order valence-corrected chi connectivity index (χ3v) is 1.36. The lowest BCUT2D eigenvalue weighted by molar-refractivity contribution is -0.142. The number of hydrogen-bond donors (Lipinski definition) is 2. The molecule has 0 saturated carbocycles. The highest BCUT2D eigenvalue weighted by atomic mass is 35.5. The first-order chi connectivity index (χ1) is 5.43. The third kappa shape index (κ3) is 4.68. The number of Topliss-reactive ketones (excluding diaryl/α,β-unsaturated/α-hetero) is 1. The van der Waals surface area contributed by atoms with E-state index in [1.807, 2.05) is 0 Å². The van der Waals surface area contributed by atoms with E-state index in [9.17, 15) is 14.4 Å². The molecule has 0 bridgehead atoms. The van der Waals surface area contributed by atoms with E-state index >= 15 is 0 Å². The summed E-state index contributed by atoms with van der Waals surface area (Å²) < 4.78 is 0. The van der Waals surface area contributed by atoms with E-state index in [4.69, 9.17) is 21.8 Å². The van der Waals surface area contributed by atoms with Gasteiger partial charge in [-0.1, -0.05) is 0 Å². The predicted octanol–water partition coefficient (Wildman–Crippen LogP) is 0.112. The second-order valence-corrected chi connectivity index (χ2v) is 2.65. The SMILES string of the molecule is O=C(O)CC(=O)CC(Cl)C(=O)O. The predicted molar refractivity (Wildman–Crippen MR) is 39.2 cm³/mol. The summed E-state index contributed by atoms with van der Waals surface area (Å²) in [6.07, 6.45) is -1.14. The minimum absolute atomic E-state index is 0.455. The van der Waals surface area contributed by atoms with Gasteiger partial charge in [-0.05, 0) is 0 Å². The number of halogens is 1. The summed E-state index contributed by atoms with van der Waals surface area (Å²) in [5, 5.41) is 15.0. The maximum absolute atomic E-state index is 10.6. The van der Waals surface area contributed by atoms with Crippen LogP contribution in [0.25, 0.3) is 0 Å². The first kappa shape index (κ1) is 10.9. The molecule has 6 heteroatoms. The van der Waals surface area contributed by atoms with Gasteiger partial charge in [0.05, 0.1) is 0 Å². The lowest BCUT2D eigenvalue weighted by Gasteiger charge is -2.00. The van der Waals surface area contributed by atoms with Crippen LogP contribution in [0.1, 0.15) is 12.8 Å². The Bertz CT molecular complexity index is 212. The highest BCUT2D eigenvalue weighted by Gasteiger charge is 2.19. The standard InChI is InChI=1S/C6H7ClO5/c7-4(6(11)12)1-3(8)2-5(9)10/h4H,1-2H2,(H,9,10)(H,11,12). The summed E-state index contributed by atoms with van der Waals surface area (Å²) in [4.78, 5) is 30.7. The smallest absolute Gasteiger partial charge is 0.322 e. The number of carboxylic acid groups (broad SMARTS) is 2. The molecular weight excluding hydrogens is 188 g/mol. The van der Waals surface area contributed by atoms with Gasteiger partial charge in [-0.25, -0.2) is 0 Å². The van der Waals surface area contributed by atoms with Crippen molar-refractivity contribution in [2.24, 2.45) is 0 Å². The van der Waals surface area contributed by atoms with Gasteiger partial charge >= 0.3 is 11.9 Å². The van der Waals surface area contributed by atoms with E-state index in [0.717, 1.165) is 0 Å². The Morgan fingerprint density at radius 1 is 1.25 bits per heavy atom. The second kappa shape index (κ2) is 4.71. The van der Waals surface area contributed by atoms with E-state index in [1.54, 1.807) is 0 Å². The summed E-state index contributed by atoms with van der Waals surface area (Å²) in [6, 6.07) is 0. The highest BCUT2D eigenvalue weighted by molar-refractivity contribution is 6.30. The van der Waals surface area contributed by atoms with Gasteiger partial charge in [-0.3, -0.25) is 14.4 Å². The molecule has 0 aliphatic heterocycles. The van der Waals surface area contributed by atoms with Crippen molar-refractivity contribution in [2.75, 3.05) is 0 Å². The average molecular weight is 195 g/mol.